The standard InChI is InChI=1S/C14H20FN3O2/c1-20-10-14(3-6-16-7-4-14)9-18-13(19)11-2-5-17-8-12(11)15/h2,5,8,16H,3-4,6-7,9-10H2,1H3,(H,18,19). The van der Waals surface area contributed by atoms with Crippen molar-refractivity contribution in [3.05, 3.63) is 29.8 Å². The van der Waals surface area contributed by atoms with Crippen molar-refractivity contribution in [3.63, 3.8) is 0 Å². The number of carbonyl (C=O) groups excluding carboxylic acids is 1. The molecular formula is C14H20FN3O2. The molecule has 0 atom stereocenters. The summed E-state index contributed by atoms with van der Waals surface area (Å²) in [6, 6.07) is 1.39. The molecule has 6 heteroatoms. The average molecular weight is 281 g/mol. The Labute approximate surface area is 117 Å². The molecule has 2 N–H and O–H groups in total. The molecule has 1 fully saturated rings. The summed E-state index contributed by atoms with van der Waals surface area (Å²) in [7, 11) is 1.66. The fourth-order valence-electron chi connectivity index (χ4n) is 2.56. The lowest BCUT2D eigenvalue weighted by Gasteiger charge is -2.37. The van der Waals surface area contributed by atoms with Gasteiger partial charge in [-0.3, -0.25) is 9.78 Å². The topological polar surface area (TPSA) is 63.2 Å². The molecule has 0 saturated carbocycles. The molecule has 2 heterocycles. The summed E-state index contributed by atoms with van der Waals surface area (Å²) in [6.45, 7) is 2.89. The first kappa shape index (κ1) is 14.9. The van der Waals surface area contributed by atoms with E-state index in [1.165, 1.54) is 12.3 Å². The third-order valence-electron chi connectivity index (χ3n) is 3.76. The number of piperidine rings is 1. The summed E-state index contributed by atoms with van der Waals surface area (Å²) < 4.78 is 18.8. The van der Waals surface area contributed by atoms with Gasteiger partial charge in [0.1, 0.15) is 0 Å². The number of rotatable bonds is 5. The van der Waals surface area contributed by atoms with Crippen LogP contribution >= 0.6 is 0 Å². The molecule has 2 rings (SSSR count). The minimum absolute atomic E-state index is 0.0292. The normalized spacial score (nSPS) is 17.7. The maximum absolute atomic E-state index is 13.5. The number of amides is 1. The number of hydrogen-bond acceptors (Lipinski definition) is 4. The van der Waals surface area contributed by atoms with E-state index >= 15 is 0 Å². The van der Waals surface area contributed by atoms with Gasteiger partial charge in [-0.25, -0.2) is 4.39 Å². The van der Waals surface area contributed by atoms with Crippen LogP contribution in [0.5, 0.6) is 0 Å². The van der Waals surface area contributed by atoms with Crippen LogP contribution < -0.4 is 10.6 Å². The van der Waals surface area contributed by atoms with E-state index in [1.54, 1.807) is 7.11 Å². The highest BCUT2D eigenvalue weighted by atomic mass is 19.1. The van der Waals surface area contributed by atoms with Crippen molar-refractivity contribution in [3.8, 4) is 0 Å². The first-order valence-corrected chi connectivity index (χ1v) is 6.74. The van der Waals surface area contributed by atoms with Crippen molar-refractivity contribution >= 4 is 5.91 Å². The number of hydrogen-bond donors (Lipinski definition) is 2. The molecule has 1 aliphatic rings. The molecule has 1 aromatic rings. The molecule has 1 aromatic heterocycles. The lowest BCUT2D eigenvalue weighted by molar-refractivity contribution is 0.0511. The van der Waals surface area contributed by atoms with Gasteiger partial charge in [-0.05, 0) is 32.0 Å². The lowest BCUT2D eigenvalue weighted by atomic mass is 9.79. The van der Waals surface area contributed by atoms with Crippen molar-refractivity contribution in [2.24, 2.45) is 5.41 Å². The Balaban J connectivity index is 1.99. The van der Waals surface area contributed by atoms with E-state index in [2.05, 4.69) is 15.6 Å². The molecule has 20 heavy (non-hydrogen) atoms. The summed E-state index contributed by atoms with van der Waals surface area (Å²) in [5.74, 6) is -1.00. The van der Waals surface area contributed by atoms with Gasteiger partial charge in [0.2, 0.25) is 0 Å². The highest BCUT2D eigenvalue weighted by Crippen LogP contribution is 2.28. The predicted octanol–water partition coefficient (Wildman–Crippen LogP) is 0.967. The molecule has 110 valence electrons. The van der Waals surface area contributed by atoms with Gasteiger partial charge in [0.05, 0.1) is 18.4 Å². The number of carbonyl (C=O) groups is 1. The number of ether oxygens (including phenoxy) is 1. The zero-order valence-electron chi connectivity index (χ0n) is 11.6. The second kappa shape index (κ2) is 6.76. The summed E-state index contributed by atoms with van der Waals surface area (Å²) in [4.78, 5) is 15.7. The zero-order chi connectivity index (χ0) is 14.4. The number of aromatic nitrogens is 1. The third-order valence-corrected chi connectivity index (χ3v) is 3.76. The second-order valence-corrected chi connectivity index (χ2v) is 5.22. The Morgan fingerprint density at radius 2 is 2.30 bits per heavy atom. The molecule has 0 spiro atoms. The Morgan fingerprint density at radius 3 is 2.95 bits per heavy atom. The fourth-order valence-corrected chi connectivity index (χ4v) is 2.56. The highest BCUT2D eigenvalue weighted by Gasteiger charge is 2.32. The number of pyridine rings is 1. The van der Waals surface area contributed by atoms with Gasteiger partial charge in [-0.1, -0.05) is 0 Å². The van der Waals surface area contributed by atoms with E-state index in [0.717, 1.165) is 32.1 Å². The summed E-state index contributed by atoms with van der Waals surface area (Å²) in [5, 5.41) is 6.11. The van der Waals surface area contributed by atoms with Crippen LogP contribution in [0, 0.1) is 11.2 Å². The smallest absolute Gasteiger partial charge is 0.254 e. The summed E-state index contributed by atoms with van der Waals surface area (Å²) in [5.41, 5.74) is -0.0411. The van der Waals surface area contributed by atoms with Gasteiger partial charge < -0.3 is 15.4 Å². The molecule has 0 aliphatic carbocycles. The molecule has 1 amide bonds. The van der Waals surface area contributed by atoms with Crippen LogP contribution in [-0.4, -0.2) is 44.2 Å². The second-order valence-electron chi connectivity index (χ2n) is 5.22. The maximum atomic E-state index is 13.5. The predicted molar refractivity (Wildman–Crippen MR) is 72.9 cm³/mol. The molecular weight excluding hydrogens is 261 g/mol. The molecule has 1 aliphatic heterocycles. The Kier molecular flexibility index (Phi) is 5.03. The monoisotopic (exact) mass is 281 g/mol. The number of methoxy groups -OCH3 is 1. The third kappa shape index (κ3) is 3.52. The van der Waals surface area contributed by atoms with Gasteiger partial charge in [-0.15, -0.1) is 0 Å². The van der Waals surface area contributed by atoms with Gasteiger partial charge in [0, 0.05) is 25.3 Å². The number of nitrogens with zero attached hydrogens (tertiary/aromatic N) is 1. The summed E-state index contributed by atoms with van der Waals surface area (Å²) in [6.07, 6.45) is 4.32. The van der Waals surface area contributed by atoms with E-state index in [0.29, 0.717) is 13.2 Å². The van der Waals surface area contributed by atoms with Crippen LogP contribution in [0.4, 0.5) is 4.39 Å². The number of nitrogens with one attached hydrogen (secondary N) is 2. The molecule has 0 radical (unpaired) electrons. The largest absolute Gasteiger partial charge is 0.384 e. The van der Waals surface area contributed by atoms with E-state index in [-0.39, 0.29) is 11.0 Å². The lowest BCUT2D eigenvalue weighted by Crippen LogP contribution is -2.47. The van der Waals surface area contributed by atoms with Gasteiger partial charge in [-0.2, -0.15) is 0 Å². The Hall–Kier alpha value is -1.53. The number of halogens is 1. The molecule has 0 aromatic carbocycles. The van der Waals surface area contributed by atoms with E-state index in [9.17, 15) is 9.18 Å². The fraction of sp³-hybridized carbons (Fsp3) is 0.571. The van der Waals surface area contributed by atoms with Crippen LogP contribution in [0.2, 0.25) is 0 Å². The maximum Gasteiger partial charge on any atom is 0.254 e. The van der Waals surface area contributed by atoms with Crippen molar-refractivity contribution in [2.45, 2.75) is 12.8 Å². The van der Waals surface area contributed by atoms with Crippen LogP contribution in [0.15, 0.2) is 18.5 Å². The zero-order valence-corrected chi connectivity index (χ0v) is 11.6. The highest BCUT2D eigenvalue weighted by molar-refractivity contribution is 5.94. The van der Waals surface area contributed by atoms with Crippen LogP contribution in [-0.2, 0) is 4.74 Å². The van der Waals surface area contributed by atoms with E-state index < -0.39 is 11.7 Å². The van der Waals surface area contributed by atoms with Crippen molar-refractivity contribution in [1.29, 1.82) is 0 Å². The molecule has 0 unspecified atom stereocenters. The SMILES string of the molecule is COCC1(CNC(=O)c2ccncc2F)CCNCC1. The van der Waals surface area contributed by atoms with Gasteiger partial charge >= 0.3 is 0 Å². The first-order chi connectivity index (χ1) is 9.67. The van der Waals surface area contributed by atoms with Crippen LogP contribution in [0.25, 0.3) is 0 Å². The van der Waals surface area contributed by atoms with Crippen molar-refractivity contribution < 1.29 is 13.9 Å². The minimum atomic E-state index is -0.601. The van der Waals surface area contributed by atoms with E-state index in [4.69, 9.17) is 4.74 Å². The molecule has 1 saturated heterocycles. The van der Waals surface area contributed by atoms with Crippen LogP contribution in [0.1, 0.15) is 23.2 Å². The van der Waals surface area contributed by atoms with Crippen molar-refractivity contribution in [2.75, 3.05) is 33.4 Å². The Morgan fingerprint density at radius 1 is 1.55 bits per heavy atom. The van der Waals surface area contributed by atoms with Crippen LogP contribution in [0.3, 0.4) is 0 Å². The van der Waals surface area contributed by atoms with E-state index in [1.807, 2.05) is 0 Å². The quantitative estimate of drug-likeness (QED) is 0.844. The summed E-state index contributed by atoms with van der Waals surface area (Å²) >= 11 is 0. The first-order valence-electron chi connectivity index (χ1n) is 6.74. The van der Waals surface area contributed by atoms with Gasteiger partial charge in [0.25, 0.3) is 5.91 Å². The molecule has 5 nitrogen and oxygen atoms in total. The Bertz CT molecular complexity index is 456. The van der Waals surface area contributed by atoms with Crippen molar-refractivity contribution in [1.82, 2.24) is 15.6 Å². The molecule has 0 bridgehead atoms. The average Bonchev–Trinajstić information content (AvgIpc) is 2.47. The van der Waals surface area contributed by atoms with Gasteiger partial charge in [0.15, 0.2) is 5.82 Å². The minimum Gasteiger partial charge on any atom is -0.384 e.